The van der Waals surface area contributed by atoms with Gasteiger partial charge < -0.3 is 15.7 Å². The molecule has 1 atom stereocenters. The zero-order chi connectivity index (χ0) is 15.3. The fourth-order valence-electron chi connectivity index (χ4n) is 3.84. The monoisotopic (exact) mass is 296 g/mol. The van der Waals surface area contributed by atoms with Crippen LogP contribution in [-0.4, -0.2) is 36.6 Å². The van der Waals surface area contributed by atoms with Crippen molar-refractivity contribution in [2.45, 2.75) is 58.3 Å². The summed E-state index contributed by atoms with van der Waals surface area (Å²) in [5, 5.41) is 15.5. The second-order valence-corrected chi connectivity index (χ2v) is 6.92. The van der Waals surface area contributed by atoms with E-state index in [-0.39, 0.29) is 23.2 Å². The van der Waals surface area contributed by atoms with Gasteiger partial charge in [0.2, 0.25) is 5.91 Å². The minimum Gasteiger partial charge on any atom is -0.481 e. The molecule has 120 valence electrons. The van der Waals surface area contributed by atoms with E-state index in [2.05, 4.69) is 17.6 Å². The molecule has 3 N–H and O–H groups in total. The first-order valence-corrected chi connectivity index (χ1v) is 8.23. The van der Waals surface area contributed by atoms with E-state index in [1.165, 1.54) is 0 Å². The molecule has 1 aliphatic heterocycles. The van der Waals surface area contributed by atoms with Gasteiger partial charge in [0.1, 0.15) is 0 Å². The van der Waals surface area contributed by atoms with Gasteiger partial charge in [0.05, 0.1) is 11.8 Å². The summed E-state index contributed by atoms with van der Waals surface area (Å²) < 4.78 is 0. The van der Waals surface area contributed by atoms with Crippen LogP contribution < -0.4 is 10.6 Å². The lowest BCUT2D eigenvalue weighted by Crippen LogP contribution is -2.53. The summed E-state index contributed by atoms with van der Waals surface area (Å²) in [6.07, 6.45) is 6.95. The maximum atomic E-state index is 12.7. The van der Waals surface area contributed by atoms with Crippen molar-refractivity contribution in [1.82, 2.24) is 10.6 Å². The molecule has 5 nitrogen and oxygen atoms in total. The third kappa shape index (κ3) is 3.76. The molecule has 0 aromatic rings. The lowest BCUT2D eigenvalue weighted by molar-refractivity contribution is -0.142. The van der Waals surface area contributed by atoms with Crippen molar-refractivity contribution in [3.63, 3.8) is 0 Å². The zero-order valence-corrected chi connectivity index (χ0v) is 13.0. The van der Waals surface area contributed by atoms with Crippen molar-refractivity contribution in [3.05, 3.63) is 0 Å². The van der Waals surface area contributed by atoms with Gasteiger partial charge in [0, 0.05) is 13.1 Å². The first-order valence-electron chi connectivity index (χ1n) is 8.23. The van der Waals surface area contributed by atoms with Gasteiger partial charge in [-0.15, -0.1) is 0 Å². The quantitative estimate of drug-likeness (QED) is 0.670. The smallest absolute Gasteiger partial charge is 0.303 e. The molecule has 1 saturated heterocycles. The van der Waals surface area contributed by atoms with E-state index in [9.17, 15) is 9.59 Å². The maximum Gasteiger partial charge on any atom is 0.303 e. The van der Waals surface area contributed by atoms with Crippen LogP contribution in [-0.2, 0) is 9.59 Å². The number of carbonyl (C=O) groups excluding carboxylic acids is 1. The van der Waals surface area contributed by atoms with Crippen LogP contribution in [0.4, 0.5) is 0 Å². The van der Waals surface area contributed by atoms with Crippen molar-refractivity contribution in [3.8, 4) is 0 Å². The van der Waals surface area contributed by atoms with Crippen LogP contribution in [0.5, 0.6) is 0 Å². The predicted molar refractivity (Wildman–Crippen MR) is 81.0 cm³/mol. The van der Waals surface area contributed by atoms with Gasteiger partial charge in [-0.3, -0.25) is 9.59 Å². The first kappa shape index (κ1) is 16.3. The molecule has 1 amide bonds. The summed E-state index contributed by atoms with van der Waals surface area (Å²) >= 11 is 0. The normalized spacial score (nSPS) is 27.7. The highest BCUT2D eigenvalue weighted by molar-refractivity contribution is 5.83. The average Bonchev–Trinajstić information content (AvgIpc) is 2.42. The number of amides is 1. The summed E-state index contributed by atoms with van der Waals surface area (Å²) in [4.78, 5) is 23.7. The van der Waals surface area contributed by atoms with Crippen LogP contribution in [0.15, 0.2) is 0 Å². The molecule has 2 rings (SSSR count). The number of carboxylic acid groups (broad SMARTS) is 1. The molecular formula is C16H28N2O3. The van der Waals surface area contributed by atoms with Crippen LogP contribution in [0, 0.1) is 10.8 Å². The molecule has 0 aromatic carbocycles. The van der Waals surface area contributed by atoms with Gasteiger partial charge >= 0.3 is 5.97 Å². The van der Waals surface area contributed by atoms with Crippen molar-refractivity contribution in [2.75, 3.05) is 19.6 Å². The van der Waals surface area contributed by atoms with Crippen LogP contribution in [0.2, 0.25) is 0 Å². The molecule has 2 fully saturated rings. The van der Waals surface area contributed by atoms with Crippen LogP contribution in [0.3, 0.4) is 0 Å². The lowest BCUT2D eigenvalue weighted by atomic mass is 9.66. The van der Waals surface area contributed by atoms with Gasteiger partial charge in [-0.05, 0) is 44.1 Å². The summed E-state index contributed by atoms with van der Waals surface area (Å²) in [6, 6.07) is 0. The van der Waals surface area contributed by atoms with Gasteiger partial charge in [-0.2, -0.15) is 0 Å². The second-order valence-electron chi connectivity index (χ2n) is 6.92. The van der Waals surface area contributed by atoms with Gasteiger partial charge in [0.15, 0.2) is 0 Å². The minimum atomic E-state index is -0.758. The standard InChI is InChI=1S/C16H28N2O3/c1-2-5-16(8-4-9-17-12-16)14(21)18-11-15(6-3-7-15)10-13(19)20/h17H,2-12H2,1H3,(H,18,21)(H,19,20). The third-order valence-electron chi connectivity index (χ3n) is 5.25. The number of aliphatic carboxylic acids is 1. The van der Waals surface area contributed by atoms with Crippen molar-refractivity contribution in [1.29, 1.82) is 0 Å². The van der Waals surface area contributed by atoms with Crippen LogP contribution >= 0.6 is 0 Å². The molecule has 21 heavy (non-hydrogen) atoms. The molecule has 1 unspecified atom stereocenters. The van der Waals surface area contributed by atoms with E-state index < -0.39 is 5.97 Å². The summed E-state index contributed by atoms with van der Waals surface area (Å²) in [5.41, 5.74) is -0.488. The van der Waals surface area contributed by atoms with Crippen molar-refractivity contribution < 1.29 is 14.7 Å². The van der Waals surface area contributed by atoms with E-state index in [4.69, 9.17) is 5.11 Å². The minimum absolute atomic E-state index is 0.119. The Hall–Kier alpha value is -1.10. The lowest BCUT2D eigenvalue weighted by Gasteiger charge is -2.43. The number of carboxylic acids is 1. The molecule has 2 aliphatic rings. The predicted octanol–water partition coefficient (Wildman–Crippen LogP) is 1.92. The highest BCUT2D eigenvalue weighted by Gasteiger charge is 2.42. The Bertz CT molecular complexity index is 379. The molecule has 5 heteroatoms. The number of rotatable bonds is 7. The van der Waals surface area contributed by atoms with Crippen LogP contribution in [0.1, 0.15) is 58.3 Å². The van der Waals surface area contributed by atoms with E-state index in [0.29, 0.717) is 6.54 Å². The van der Waals surface area contributed by atoms with E-state index >= 15 is 0 Å². The SMILES string of the molecule is CCCC1(C(=O)NCC2(CC(=O)O)CCC2)CCCNC1. The number of nitrogens with one attached hydrogen (secondary N) is 2. The molecule has 1 heterocycles. The number of carbonyl (C=O) groups is 2. The maximum absolute atomic E-state index is 12.7. The Morgan fingerprint density at radius 1 is 1.24 bits per heavy atom. The molecule has 0 spiro atoms. The topological polar surface area (TPSA) is 78.4 Å². The number of hydrogen-bond donors (Lipinski definition) is 3. The second kappa shape index (κ2) is 6.77. The Morgan fingerprint density at radius 3 is 2.48 bits per heavy atom. The highest BCUT2D eigenvalue weighted by atomic mass is 16.4. The van der Waals surface area contributed by atoms with Crippen molar-refractivity contribution in [2.24, 2.45) is 10.8 Å². The average molecular weight is 296 g/mol. The Morgan fingerprint density at radius 2 is 2.00 bits per heavy atom. The zero-order valence-electron chi connectivity index (χ0n) is 13.0. The fraction of sp³-hybridized carbons (Fsp3) is 0.875. The molecule has 0 aromatic heterocycles. The number of piperidine rings is 1. The summed E-state index contributed by atoms with van der Waals surface area (Å²) in [7, 11) is 0. The fourth-order valence-corrected chi connectivity index (χ4v) is 3.84. The third-order valence-corrected chi connectivity index (χ3v) is 5.25. The molecular weight excluding hydrogens is 268 g/mol. The number of hydrogen-bond acceptors (Lipinski definition) is 3. The van der Waals surface area contributed by atoms with E-state index in [1.54, 1.807) is 0 Å². The van der Waals surface area contributed by atoms with Gasteiger partial charge in [-0.25, -0.2) is 0 Å². The summed E-state index contributed by atoms with van der Waals surface area (Å²) in [5.74, 6) is -0.639. The molecule has 1 saturated carbocycles. The largest absolute Gasteiger partial charge is 0.481 e. The molecule has 0 bridgehead atoms. The first-order chi connectivity index (χ1) is 10.0. The Labute approximate surface area is 126 Å². The Kier molecular flexibility index (Phi) is 5.25. The van der Waals surface area contributed by atoms with E-state index in [0.717, 1.165) is 58.0 Å². The van der Waals surface area contributed by atoms with E-state index in [1.807, 2.05) is 0 Å². The Balaban J connectivity index is 1.94. The van der Waals surface area contributed by atoms with Gasteiger partial charge in [-0.1, -0.05) is 19.8 Å². The summed E-state index contributed by atoms with van der Waals surface area (Å²) in [6.45, 7) is 4.37. The molecule has 0 radical (unpaired) electrons. The molecule has 1 aliphatic carbocycles. The van der Waals surface area contributed by atoms with Crippen molar-refractivity contribution >= 4 is 11.9 Å². The highest BCUT2D eigenvalue weighted by Crippen LogP contribution is 2.43. The van der Waals surface area contributed by atoms with Crippen LogP contribution in [0.25, 0.3) is 0 Å². The van der Waals surface area contributed by atoms with Gasteiger partial charge in [0.25, 0.3) is 0 Å².